The van der Waals surface area contributed by atoms with Crippen molar-refractivity contribution in [3.8, 4) is 55.9 Å². The van der Waals surface area contributed by atoms with Gasteiger partial charge >= 0.3 is 0 Å². The number of hydrogen-bond donors (Lipinski definition) is 0. The molecule has 0 radical (unpaired) electrons. The molecule has 0 saturated carbocycles. The molecule has 0 bridgehead atoms. The molecule has 3 nitrogen and oxygen atoms in total. The number of aryl methyl sites for hydroxylation is 3. The summed E-state index contributed by atoms with van der Waals surface area (Å²) in [5.74, 6) is 0.762. The van der Waals surface area contributed by atoms with Crippen molar-refractivity contribution in [2.24, 2.45) is 0 Å². The second kappa shape index (κ2) is 12.3. The third-order valence-electron chi connectivity index (χ3n) is 10.9. The van der Waals surface area contributed by atoms with Gasteiger partial charge in [0.25, 0.3) is 0 Å². The number of nitrogens with zero attached hydrogens (tertiary/aromatic N) is 3. The lowest BCUT2D eigenvalue weighted by molar-refractivity contribution is 0.723. The highest BCUT2D eigenvalue weighted by atomic mass is 32.2. The van der Waals surface area contributed by atoms with Crippen molar-refractivity contribution in [2.45, 2.75) is 36.0 Å². The van der Waals surface area contributed by atoms with Gasteiger partial charge in [-0.15, -0.1) is 0 Å². The van der Waals surface area contributed by atoms with Gasteiger partial charge in [0.2, 0.25) is 0 Å². The summed E-state index contributed by atoms with van der Waals surface area (Å²) in [6.45, 7) is 6.11. The molecule has 1 spiro atoms. The fourth-order valence-electron chi connectivity index (χ4n) is 8.55. The van der Waals surface area contributed by atoms with Crippen molar-refractivity contribution in [1.29, 1.82) is 0 Å². The van der Waals surface area contributed by atoms with Crippen LogP contribution < -0.4 is 0 Å². The minimum atomic E-state index is -0.473. The molecule has 0 amide bonds. The minimum absolute atomic E-state index is 0.473. The minimum Gasteiger partial charge on any atom is -0.258 e. The lowest BCUT2D eigenvalue weighted by atomic mass is 9.67. The summed E-state index contributed by atoms with van der Waals surface area (Å²) in [7, 11) is 0. The van der Waals surface area contributed by atoms with E-state index in [4.69, 9.17) is 15.0 Å². The molecule has 10 rings (SSSR count). The van der Waals surface area contributed by atoms with Crippen LogP contribution in [0, 0.1) is 20.8 Å². The predicted molar refractivity (Wildman–Crippen MR) is 217 cm³/mol. The van der Waals surface area contributed by atoms with E-state index >= 15 is 0 Å². The number of hydrogen-bond acceptors (Lipinski definition) is 4. The molecule has 6 aromatic carbocycles. The van der Waals surface area contributed by atoms with Crippen LogP contribution >= 0.6 is 11.8 Å². The zero-order valence-electron chi connectivity index (χ0n) is 29.8. The molecular weight excluding hydrogens is 663 g/mol. The normalized spacial score (nSPS) is 15.1. The van der Waals surface area contributed by atoms with Gasteiger partial charge in [0.05, 0.1) is 16.8 Å². The van der Waals surface area contributed by atoms with E-state index in [9.17, 15) is 0 Å². The molecular formula is C49H35N3S. The molecule has 2 aliphatic rings. The first-order chi connectivity index (χ1) is 26.0. The smallest absolute Gasteiger partial charge is 0.126 e. The fourth-order valence-corrected chi connectivity index (χ4v) is 9.78. The highest BCUT2D eigenvalue weighted by molar-refractivity contribution is 7.99. The van der Waals surface area contributed by atoms with Crippen LogP contribution in [0.5, 0.6) is 0 Å². The van der Waals surface area contributed by atoms with Gasteiger partial charge in [-0.1, -0.05) is 139 Å². The molecule has 1 aliphatic heterocycles. The Morgan fingerprint density at radius 3 is 1.83 bits per heavy atom. The summed E-state index contributed by atoms with van der Waals surface area (Å²) in [5.41, 5.74) is 18.3. The van der Waals surface area contributed by atoms with Crippen LogP contribution in [0.2, 0.25) is 0 Å². The second-order valence-electron chi connectivity index (χ2n) is 14.1. The molecule has 0 N–H and O–H groups in total. The van der Waals surface area contributed by atoms with E-state index in [1.807, 2.05) is 31.7 Å². The number of pyridine rings is 1. The van der Waals surface area contributed by atoms with E-state index in [0.29, 0.717) is 0 Å². The SMILES string of the molecule is Cc1ccc(-c2ccc(-c3ccc4c(c3)C3(c5ccccc5Sc5cc(-c6cc(-c7ccccc7)nc(C)n6)ccc53)c3ccccc3-4)cc2)c(C)n1. The summed E-state index contributed by atoms with van der Waals surface area (Å²) < 4.78 is 0. The van der Waals surface area contributed by atoms with E-state index in [0.717, 1.165) is 39.7 Å². The zero-order valence-corrected chi connectivity index (χ0v) is 30.6. The standard InChI is InChI=1S/C49H35N3S/c1-30-17-24-38(31(2)50-30)34-20-18-33(19-21-34)36-22-25-40-39-13-7-8-14-41(39)49(44(40)27-36)42-15-9-10-16-47(42)53-48-28-37(23-26-43(48)49)46-29-45(51-32(3)52-46)35-11-5-4-6-12-35/h4-29H,1-3H3. The topological polar surface area (TPSA) is 38.7 Å². The van der Waals surface area contributed by atoms with Crippen molar-refractivity contribution in [1.82, 2.24) is 15.0 Å². The van der Waals surface area contributed by atoms with Gasteiger partial charge in [0, 0.05) is 37.9 Å². The monoisotopic (exact) mass is 697 g/mol. The Morgan fingerprint density at radius 2 is 1.02 bits per heavy atom. The lowest BCUT2D eigenvalue weighted by Crippen LogP contribution is -2.32. The van der Waals surface area contributed by atoms with Gasteiger partial charge in [-0.05, 0) is 101 Å². The molecule has 8 aromatic rings. The maximum absolute atomic E-state index is 4.94. The number of aromatic nitrogens is 3. The first-order valence-electron chi connectivity index (χ1n) is 18.1. The Hall–Kier alpha value is -6.10. The van der Waals surface area contributed by atoms with Crippen LogP contribution in [0.25, 0.3) is 55.9 Å². The highest BCUT2D eigenvalue weighted by Crippen LogP contribution is 2.62. The summed E-state index contributed by atoms with van der Waals surface area (Å²) in [6.07, 6.45) is 0. The maximum atomic E-state index is 4.94. The molecule has 0 saturated heterocycles. The van der Waals surface area contributed by atoms with Gasteiger partial charge in [0.1, 0.15) is 5.82 Å². The van der Waals surface area contributed by atoms with Crippen LogP contribution in [-0.2, 0) is 5.41 Å². The summed E-state index contributed by atoms with van der Waals surface area (Å²) >= 11 is 1.86. The molecule has 252 valence electrons. The number of benzene rings is 6. The molecule has 4 heteroatoms. The van der Waals surface area contributed by atoms with Crippen molar-refractivity contribution in [3.05, 3.63) is 197 Å². The third kappa shape index (κ3) is 5.01. The Labute approximate surface area is 314 Å². The fraction of sp³-hybridized carbons (Fsp3) is 0.0816. The Balaban J connectivity index is 1.15. The van der Waals surface area contributed by atoms with E-state index in [1.165, 1.54) is 65.4 Å². The van der Waals surface area contributed by atoms with E-state index in [1.54, 1.807) is 0 Å². The molecule has 53 heavy (non-hydrogen) atoms. The molecule has 1 aliphatic carbocycles. The van der Waals surface area contributed by atoms with E-state index < -0.39 is 5.41 Å². The van der Waals surface area contributed by atoms with Crippen molar-refractivity contribution >= 4 is 11.8 Å². The first kappa shape index (κ1) is 31.6. The Bertz CT molecular complexity index is 2730. The quantitative estimate of drug-likeness (QED) is 0.183. The average Bonchev–Trinajstić information content (AvgIpc) is 3.48. The van der Waals surface area contributed by atoms with Crippen LogP contribution in [0.4, 0.5) is 0 Å². The van der Waals surface area contributed by atoms with Gasteiger partial charge < -0.3 is 0 Å². The van der Waals surface area contributed by atoms with Crippen LogP contribution in [0.15, 0.2) is 168 Å². The molecule has 1 unspecified atom stereocenters. The molecule has 3 heterocycles. The highest BCUT2D eigenvalue weighted by Gasteiger charge is 2.50. The summed E-state index contributed by atoms with van der Waals surface area (Å²) in [5, 5.41) is 0. The largest absolute Gasteiger partial charge is 0.258 e. The third-order valence-corrected chi connectivity index (χ3v) is 12.0. The lowest BCUT2D eigenvalue weighted by Gasteiger charge is -2.40. The van der Waals surface area contributed by atoms with E-state index in [-0.39, 0.29) is 0 Å². The van der Waals surface area contributed by atoms with Crippen molar-refractivity contribution in [2.75, 3.05) is 0 Å². The van der Waals surface area contributed by atoms with Crippen LogP contribution in [-0.4, -0.2) is 15.0 Å². The van der Waals surface area contributed by atoms with Crippen molar-refractivity contribution < 1.29 is 0 Å². The summed E-state index contributed by atoms with van der Waals surface area (Å²) in [4.78, 5) is 17.0. The number of fused-ring (bicyclic) bond motifs is 9. The Morgan fingerprint density at radius 1 is 0.396 bits per heavy atom. The predicted octanol–water partition coefficient (Wildman–Crippen LogP) is 12.3. The zero-order chi connectivity index (χ0) is 35.7. The van der Waals surface area contributed by atoms with Gasteiger partial charge in [-0.2, -0.15) is 0 Å². The van der Waals surface area contributed by atoms with Gasteiger partial charge in [-0.25, -0.2) is 9.97 Å². The van der Waals surface area contributed by atoms with Gasteiger partial charge in [-0.3, -0.25) is 4.98 Å². The maximum Gasteiger partial charge on any atom is 0.126 e. The Kier molecular flexibility index (Phi) is 7.31. The summed E-state index contributed by atoms with van der Waals surface area (Å²) in [6, 6.07) is 57.7. The van der Waals surface area contributed by atoms with Crippen molar-refractivity contribution in [3.63, 3.8) is 0 Å². The second-order valence-corrected chi connectivity index (χ2v) is 15.2. The average molecular weight is 698 g/mol. The molecule has 0 fully saturated rings. The molecule has 1 atom stereocenters. The van der Waals surface area contributed by atoms with E-state index in [2.05, 4.69) is 159 Å². The van der Waals surface area contributed by atoms with Gasteiger partial charge in [0.15, 0.2) is 0 Å². The number of rotatable bonds is 4. The molecule has 2 aromatic heterocycles. The van der Waals surface area contributed by atoms with Crippen LogP contribution in [0.3, 0.4) is 0 Å². The first-order valence-corrected chi connectivity index (χ1v) is 18.9. The van der Waals surface area contributed by atoms with Crippen LogP contribution in [0.1, 0.15) is 39.5 Å².